The van der Waals surface area contributed by atoms with E-state index in [1.807, 2.05) is 48.5 Å². The second-order valence-electron chi connectivity index (χ2n) is 13.0. The summed E-state index contributed by atoms with van der Waals surface area (Å²) in [5.74, 6) is -0.0982. The first-order valence-corrected chi connectivity index (χ1v) is 17.9. The molecule has 0 aromatic heterocycles. The normalized spacial score (nSPS) is 16.4. The minimum Gasteiger partial charge on any atom is -0.489 e. The molecule has 0 saturated carbocycles. The first-order valence-electron chi connectivity index (χ1n) is 17.2. The summed E-state index contributed by atoms with van der Waals surface area (Å²) in [5.41, 5.74) is 7.09. The summed E-state index contributed by atoms with van der Waals surface area (Å²) < 4.78 is 17.1. The fourth-order valence-electron chi connectivity index (χ4n) is 6.49. The van der Waals surface area contributed by atoms with Gasteiger partial charge in [0.15, 0.2) is 0 Å². The molecule has 0 bridgehead atoms. The molecule has 2 unspecified atom stereocenters. The van der Waals surface area contributed by atoms with Crippen LogP contribution in [0, 0.1) is 11.3 Å². The maximum absolute atomic E-state index is 13.5. The van der Waals surface area contributed by atoms with E-state index in [9.17, 15) is 14.4 Å². The van der Waals surface area contributed by atoms with Crippen molar-refractivity contribution in [2.24, 2.45) is 0 Å². The summed E-state index contributed by atoms with van der Waals surface area (Å²) in [6, 6.07) is 31.6. The van der Waals surface area contributed by atoms with Crippen LogP contribution < -0.4 is 25.4 Å². The van der Waals surface area contributed by atoms with Crippen molar-refractivity contribution < 1.29 is 28.6 Å². The molecular weight excluding hydrogens is 727 g/mol. The van der Waals surface area contributed by atoms with Gasteiger partial charge in [-0.2, -0.15) is 5.26 Å². The fourth-order valence-corrected chi connectivity index (χ4v) is 6.86. The highest BCUT2D eigenvalue weighted by Crippen LogP contribution is 2.38. The molecule has 10 nitrogen and oxygen atoms in total. The molecular formula is C42H34Cl2N4O6. The number of methoxy groups -OCH3 is 1. The van der Waals surface area contributed by atoms with Crippen LogP contribution in [0.25, 0.3) is 11.1 Å². The van der Waals surface area contributed by atoms with E-state index in [1.165, 1.54) is 7.11 Å². The minimum absolute atomic E-state index is 0.233. The third-order valence-corrected chi connectivity index (χ3v) is 10.1. The van der Waals surface area contributed by atoms with Gasteiger partial charge in [0.25, 0.3) is 5.91 Å². The van der Waals surface area contributed by atoms with Crippen molar-refractivity contribution in [2.75, 3.05) is 12.4 Å². The van der Waals surface area contributed by atoms with Crippen LogP contribution in [0.5, 0.6) is 11.5 Å². The Bertz CT molecular complexity index is 2260. The number of nitriles is 1. The van der Waals surface area contributed by atoms with Gasteiger partial charge >= 0.3 is 5.97 Å². The Morgan fingerprint density at radius 3 is 2.37 bits per heavy atom. The van der Waals surface area contributed by atoms with Gasteiger partial charge in [-0.05, 0) is 88.8 Å². The van der Waals surface area contributed by atoms with Crippen LogP contribution in [0.2, 0.25) is 10.0 Å². The second kappa shape index (κ2) is 16.0. The van der Waals surface area contributed by atoms with Crippen LogP contribution in [0.4, 0.5) is 5.69 Å². The number of hydrogen-bond donors (Lipinski definition) is 3. The first-order chi connectivity index (χ1) is 26.2. The molecule has 0 saturated heterocycles. The van der Waals surface area contributed by atoms with E-state index in [2.05, 4.69) is 22.0 Å². The van der Waals surface area contributed by atoms with Crippen molar-refractivity contribution in [3.05, 3.63) is 147 Å². The Kier molecular flexibility index (Phi) is 10.8. The lowest BCUT2D eigenvalue weighted by molar-refractivity contribution is -0.145. The zero-order valence-corrected chi connectivity index (χ0v) is 30.5. The van der Waals surface area contributed by atoms with Crippen LogP contribution in [-0.2, 0) is 45.1 Å². The number of fused-ring (bicyclic) bond motifs is 2. The number of carbonyl (C=O) groups excluding carboxylic acids is 3. The number of anilines is 1. The monoisotopic (exact) mass is 760 g/mol. The van der Waals surface area contributed by atoms with Crippen molar-refractivity contribution in [3.63, 3.8) is 0 Å². The number of nitrogens with zero attached hydrogens (tertiary/aromatic N) is 1. The molecule has 272 valence electrons. The number of benzene rings is 5. The standard InChI is InChI=1S/C42H34Cl2N4O6/c1-52-42(51)37(16-24-2-6-26(7-3-24)27-8-4-25(21-45)5-9-27)48-40(49)36-19-29-18-35-38(20-30(29)22-46-36)54-39(41(50)47-35)28-10-13-33(14-11-28)53-23-31-17-32(43)12-15-34(31)44/h2-15,17-18,20,36-37,39,46H,16,19,22-23H2,1H3,(H,47,50)(H,48,49)/t36?,37-,39?/m0/s1. The summed E-state index contributed by atoms with van der Waals surface area (Å²) in [6.07, 6.45) is -0.298. The Labute approximate surface area is 322 Å². The Morgan fingerprint density at radius 1 is 0.944 bits per heavy atom. The zero-order valence-electron chi connectivity index (χ0n) is 29.0. The summed E-state index contributed by atoms with van der Waals surface area (Å²) in [4.78, 5) is 39.5. The second-order valence-corrected chi connectivity index (χ2v) is 13.9. The van der Waals surface area contributed by atoms with Gasteiger partial charge in [0, 0.05) is 34.1 Å². The molecule has 2 aliphatic rings. The summed E-state index contributed by atoms with van der Waals surface area (Å²) in [5, 5.41) is 19.3. The fraction of sp³-hybridized carbons (Fsp3) is 0.190. The number of amides is 2. The van der Waals surface area contributed by atoms with E-state index in [1.54, 1.807) is 54.6 Å². The van der Waals surface area contributed by atoms with Gasteiger partial charge in [0.2, 0.25) is 12.0 Å². The first kappa shape index (κ1) is 36.5. The smallest absolute Gasteiger partial charge is 0.328 e. The number of nitrogens with one attached hydrogen (secondary N) is 3. The van der Waals surface area contributed by atoms with E-state index < -0.39 is 24.2 Å². The van der Waals surface area contributed by atoms with Crippen LogP contribution in [-0.4, -0.2) is 37.0 Å². The van der Waals surface area contributed by atoms with E-state index in [-0.39, 0.29) is 24.8 Å². The average molecular weight is 762 g/mol. The quantitative estimate of drug-likeness (QED) is 0.128. The van der Waals surface area contributed by atoms with Crippen molar-refractivity contribution in [1.29, 1.82) is 5.26 Å². The summed E-state index contributed by atoms with van der Waals surface area (Å²) in [7, 11) is 1.29. The molecule has 5 aromatic carbocycles. The summed E-state index contributed by atoms with van der Waals surface area (Å²) in [6.45, 7) is 0.613. The van der Waals surface area contributed by atoms with Crippen molar-refractivity contribution in [1.82, 2.24) is 10.6 Å². The van der Waals surface area contributed by atoms with E-state index in [0.29, 0.717) is 51.3 Å². The maximum atomic E-state index is 13.5. The molecule has 5 aromatic rings. The third-order valence-electron chi connectivity index (χ3n) is 9.45. The molecule has 0 spiro atoms. The van der Waals surface area contributed by atoms with Gasteiger partial charge in [0.1, 0.15) is 24.1 Å². The lowest BCUT2D eigenvalue weighted by atomic mass is 9.93. The zero-order chi connectivity index (χ0) is 37.8. The topological polar surface area (TPSA) is 139 Å². The Hall–Kier alpha value is -5.86. The molecule has 0 radical (unpaired) electrons. The van der Waals surface area contributed by atoms with Gasteiger partial charge in [-0.15, -0.1) is 0 Å². The highest BCUT2D eigenvalue weighted by atomic mass is 35.5. The highest BCUT2D eigenvalue weighted by molar-refractivity contribution is 6.33. The van der Waals surface area contributed by atoms with E-state index in [0.717, 1.165) is 33.4 Å². The molecule has 3 atom stereocenters. The molecule has 0 fully saturated rings. The number of carbonyl (C=O) groups is 3. The number of ether oxygens (including phenoxy) is 3. The number of hydrogen-bond acceptors (Lipinski definition) is 8. The lowest BCUT2D eigenvalue weighted by Gasteiger charge is -2.31. The molecule has 7 rings (SSSR count). The third kappa shape index (κ3) is 8.19. The Balaban J connectivity index is 0.973. The molecule has 54 heavy (non-hydrogen) atoms. The molecule has 0 aliphatic carbocycles. The van der Waals surface area contributed by atoms with Crippen molar-refractivity contribution >= 4 is 46.7 Å². The van der Waals surface area contributed by atoms with Gasteiger partial charge in [0.05, 0.1) is 30.5 Å². The molecule has 2 amide bonds. The predicted molar refractivity (Wildman–Crippen MR) is 204 cm³/mol. The number of esters is 1. The van der Waals surface area contributed by atoms with Crippen LogP contribution in [0.1, 0.15) is 39.5 Å². The predicted octanol–water partition coefficient (Wildman–Crippen LogP) is 7.10. The van der Waals surface area contributed by atoms with Gasteiger partial charge in [-0.1, -0.05) is 71.7 Å². The summed E-state index contributed by atoms with van der Waals surface area (Å²) >= 11 is 12.3. The SMILES string of the molecule is COC(=O)[C@H](Cc1ccc(-c2ccc(C#N)cc2)cc1)NC(=O)C1Cc2cc3c(cc2CN1)OC(c1ccc(OCc2cc(Cl)ccc2Cl)cc1)C(=O)N3. The maximum Gasteiger partial charge on any atom is 0.328 e. The van der Waals surface area contributed by atoms with Crippen LogP contribution in [0.3, 0.4) is 0 Å². The number of halogens is 2. The Morgan fingerprint density at radius 2 is 1.67 bits per heavy atom. The number of rotatable bonds is 10. The van der Waals surface area contributed by atoms with Gasteiger partial charge < -0.3 is 30.2 Å². The van der Waals surface area contributed by atoms with Gasteiger partial charge in [-0.3, -0.25) is 9.59 Å². The van der Waals surface area contributed by atoms with Crippen LogP contribution in [0.15, 0.2) is 103 Å². The highest BCUT2D eigenvalue weighted by Gasteiger charge is 2.33. The van der Waals surface area contributed by atoms with E-state index >= 15 is 0 Å². The van der Waals surface area contributed by atoms with E-state index in [4.69, 9.17) is 42.7 Å². The average Bonchev–Trinajstić information content (AvgIpc) is 3.20. The van der Waals surface area contributed by atoms with Crippen LogP contribution >= 0.6 is 23.2 Å². The molecule has 12 heteroatoms. The lowest BCUT2D eigenvalue weighted by Crippen LogP contribution is -2.53. The molecule has 3 N–H and O–H groups in total. The minimum atomic E-state index is -0.901. The molecule has 2 aliphatic heterocycles. The van der Waals surface area contributed by atoms with Gasteiger partial charge in [-0.25, -0.2) is 4.79 Å². The van der Waals surface area contributed by atoms with Crippen molar-refractivity contribution in [2.45, 2.75) is 44.2 Å². The molecule has 2 heterocycles. The van der Waals surface area contributed by atoms with Crippen molar-refractivity contribution in [3.8, 4) is 28.7 Å². The largest absolute Gasteiger partial charge is 0.489 e.